The Morgan fingerprint density at radius 2 is 2.08 bits per heavy atom. The Kier molecular flexibility index (Phi) is 2.37. The van der Waals surface area contributed by atoms with Crippen LogP contribution in [0.25, 0.3) is 0 Å². The quantitative estimate of drug-likeness (QED) is 0.487. The number of nitrogens with two attached hydrogens (primary N) is 1. The summed E-state index contributed by atoms with van der Waals surface area (Å²) >= 11 is 0. The molecule has 13 heavy (non-hydrogen) atoms. The molecule has 0 radical (unpaired) electrons. The number of phenolic OH excluding ortho intramolecular Hbond substituents is 1. The van der Waals surface area contributed by atoms with Gasteiger partial charge in [0.1, 0.15) is 6.07 Å². The first-order valence-electron chi connectivity index (χ1n) is 3.57. The molecule has 0 atom stereocenters. The summed E-state index contributed by atoms with van der Waals surface area (Å²) in [6.07, 6.45) is 0.180. The molecule has 0 unspecified atom stereocenters. The van der Waals surface area contributed by atoms with E-state index in [2.05, 4.69) is 0 Å². The second-order valence-electron chi connectivity index (χ2n) is 2.53. The maximum atomic E-state index is 9.26. The van der Waals surface area contributed by atoms with Gasteiger partial charge in [0.25, 0.3) is 0 Å². The Balaban J connectivity index is 3.26. The van der Waals surface area contributed by atoms with Crippen LogP contribution >= 0.6 is 0 Å². The highest BCUT2D eigenvalue weighted by Gasteiger charge is 2.06. The van der Waals surface area contributed by atoms with E-state index < -0.39 is 0 Å². The molecule has 0 bridgehead atoms. The Morgan fingerprint density at radius 1 is 1.38 bits per heavy atom. The van der Waals surface area contributed by atoms with Gasteiger partial charge in [0.15, 0.2) is 5.75 Å². The highest BCUT2D eigenvalue weighted by molar-refractivity contribution is 5.61. The summed E-state index contributed by atoms with van der Waals surface area (Å²) in [4.78, 5) is 0. The van der Waals surface area contributed by atoms with Gasteiger partial charge in [-0.3, -0.25) is 0 Å². The van der Waals surface area contributed by atoms with Gasteiger partial charge in [0, 0.05) is 0 Å². The molecule has 1 aromatic carbocycles. The minimum absolute atomic E-state index is 0.102. The van der Waals surface area contributed by atoms with Crippen LogP contribution in [0.1, 0.15) is 11.1 Å². The molecule has 3 N–H and O–H groups in total. The summed E-state index contributed by atoms with van der Waals surface area (Å²) in [6, 6.07) is 6.67. The van der Waals surface area contributed by atoms with Crippen molar-refractivity contribution in [2.75, 3.05) is 5.73 Å². The minimum Gasteiger partial charge on any atom is -0.504 e. The molecule has 0 saturated carbocycles. The van der Waals surface area contributed by atoms with Gasteiger partial charge in [-0.2, -0.15) is 10.5 Å². The molecule has 1 rings (SSSR count). The van der Waals surface area contributed by atoms with Gasteiger partial charge in [-0.15, -0.1) is 0 Å². The number of aromatic hydroxyl groups is 1. The van der Waals surface area contributed by atoms with Gasteiger partial charge in [0.05, 0.1) is 23.7 Å². The molecule has 4 heteroatoms. The van der Waals surface area contributed by atoms with E-state index in [1.807, 2.05) is 6.07 Å². The van der Waals surface area contributed by atoms with E-state index in [0.29, 0.717) is 5.56 Å². The number of rotatable bonds is 1. The fraction of sp³-hybridized carbons (Fsp3) is 0.111. The zero-order chi connectivity index (χ0) is 9.84. The Morgan fingerprint density at radius 3 is 2.62 bits per heavy atom. The zero-order valence-electron chi connectivity index (χ0n) is 6.78. The van der Waals surface area contributed by atoms with Gasteiger partial charge in [-0.05, 0) is 17.7 Å². The smallest absolute Gasteiger partial charge is 0.156 e. The topological polar surface area (TPSA) is 93.8 Å². The summed E-state index contributed by atoms with van der Waals surface area (Å²) in [5.41, 5.74) is 6.28. The molecule has 0 aliphatic carbocycles. The summed E-state index contributed by atoms with van der Waals surface area (Å²) < 4.78 is 0. The van der Waals surface area contributed by atoms with Crippen molar-refractivity contribution < 1.29 is 5.11 Å². The fourth-order valence-electron chi connectivity index (χ4n) is 0.998. The summed E-state index contributed by atoms with van der Waals surface area (Å²) in [7, 11) is 0. The first kappa shape index (κ1) is 8.89. The molecular weight excluding hydrogens is 166 g/mol. The summed E-state index contributed by atoms with van der Waals surface area (Å²) in [5, 5.41) is 26.3. The molecule has 0 spiro atoms. The van der Waals surface area contributed by atoms with Crippen LogP contribution in [-0.4, -0.2) is 5.11 Å². The second kappa shape index (κ2) is 3.46. The lowest BCUT2D eigenvalue weighted by Crippen LogP contribution is -1.92. The predicted molar refractivity (Wildman–Crippen MR) is 46.6 cm³/mol. The highest BCUT2D eigenvalue weighted by atomic mass is 16.3. The Labute approximate surface area is 75.4 Å². The first-order valence-corrected chi connectivity index (χ1v) is 3.57. The molecule has 0 aromatic heterocycles. The summed E-state index contributed by atoms with van der Waals surface area (Å²) in [6.45, 7) is 0. The van der Waals surface area contributed by atoms with Crippen LogP contribution in [-0.2, 0) is 6.42 Å². The van der Waals surface area contributed by atoms with Crippen LogP contribution in [0.3, 0.4) is 0 Å². The number of nitrogens with zero attached hydrogens (tertiary/aromatic N) is 2. The Bertz CT molecular complexity index is 412. The maximum Gasteiger partial charge on any atom is 0.156 e. The average molecular weight is 173 g/mol. The Hall–Kier alpha value is -2.20. The van der Waals surface area contributed by atoms with E-state index >= 15 is 0 Å². The molecule has 1 aromatic rings. The number of nitrogen functional groups attached to an aromatic ring is 1. The third kappa shape index (κ3) is 1.69. The van der Waals surface area contributed by atoms with Crippen molar-refractivity contribution in [2.45, 2.75) is 6.42 Å². The lowest BCUT2D eigenvalue weighted by molar-refractivity contribution is 0.476. The lowest BCUT2D eigenvalue weighted by atomic mass is 10.1. The maximum absolute atomic E-state index is 9.26. The van der Waals surface area contributed by atoms with E-state index in [-0.39, 0.29) is 23.4 Å². The lowest BCUT2D eigenvalue weighted by Gasteiger charge is -2.02. The first-order chi connectivity index (χ1) is 6.19. The summed E-state index contributed by atoms with van der Waals surface area (Å²) in [5.74, 6) is -0.218. The van der Waals surface area contributed by atoms with E-state index in [4.69, 9.17) is 16.3 Å². The van der Waals surface area contributed by atoms with Gasteiger partial charge in [0.2, 0.25) is 0 Å². The molecule has 0 aliphatic rings. The number of hydrogen-bond donors (Lipinski definition) is 2. The van der Waals surface area contributed by atoms with E-state index in [0.717, 1.165) is 0 Å². The van der Waals surface area contributed by atoms with Crippen molar-refractivity contribution in [3.63, 3.8) is 0 Å². The van der Waals surface area contributed by atoms with Gasteiger partial charge >= 0.3 is 0 Å². The highest BCUT2D eigenvalue weighted by Crippen LogP contribution is 2.26. The van der Waals surface area contributed by atoms with E-state index in [9.17, 15) is 5.11 Å². The standard InChI is InChI=1S/C9H7N3O/c10-2-1-6-3-7(5-11)9(13)8(12)4-6/h3-4,13H,1,12H2. The second-order valence-corrected chi connectivity index (χ2v) is 2.53. The van der Waals surface area contributed by atoms with Crippen molar-refractivity contribution in [3.05, 3.63) is 23.3 Å². The molecule has 4 nitrogen and oxygen atoms in total. The molecule has 0 aliphatic heterocycles. The third-order valence-electron chi connectivity index (χ3n) is 1.60. The fourth-order valence-corrected chi connectivity index (χ4v) is 0.998. The average Bonchev–Trinajstić information content (AvgIpc) is 2.11. The van der Waals surface area contributed by atoms with Crippen molar-refractivity contribution in [1.82, 2.24) is 0 Å². The van der Waals surface area contributed by atoms with Crippen molar-refractivity contribution in [2.24, 2.45) is 0 Å². The number of nitriles is 2. The molecule has 0 heterocycles. The molecule has 0 saturated heterocycles. The van der Waals surface area contributed by atoms with Gasteiger partial charge in [-0.1, -0.05) is 0 Å². The zero-order valence-corrected chi connectivity index (χ0v) is 6.78. The number of hydrogen-bond acceptors (Lipinski definition) is 4. The normalized spacial score (nSPS) is 8.77. The van der Waals surface area contributed by atoms with Crippen LogP contribution < -0.4 is 5.73 Å². The SMILES string of the molecule is N#CCc1cc(N)c(O)c(C#N)c1. The van der Waals surface area contributed by atoms with E-state index in [1.165, 1.54) is 12.1 Å². The third-order valence-corrected chi connectivity index (χ3v) is 1.60. The van der Waals surface area contributed by atoms with Crippen LogP contribution in [0.2, 0.25) is 0 Å². The molecular formula is C9H7N3O. The van der Waals surface area contributed by atoms with Crippen LogP contribution in [0.5, 0.6) is 5.75 Å². The molecule has 64 valence electrons. The minimum atomic E-state index is -0.218. The predicted octanol–water partition coefficient (Wildman–Crippen LogP) is 0.912. The molecule has 0 amide bonds. The van der Waals surface area contributed by atoms with Gasteiger partial charge < -0.3 is 10.8 Å². The van der Waals surface area contributed by atoms with Crippen molar-refractivity contribution in [1.29, 1.82) is 10.5 Å². The number of benzene rings is 1. The van der Waals surface area contributed by atoms with E-state index in [1.54, 1.807) is 6.07 Å². The largest absolute Gasteiger partial charge is 0.504 e. The van der Waals surface area contributed by atoms with Crippen LogP contribution in [0.15, 0.2) is 12.1 Å². The van der Waals surface area contributed by atoms with Gasteiger partial charge in [-0.25, -0.2) is 0 Å². The number of phenols is 1. The van der Waals surface area contributed by atoms with Crippen LogP contribution in [0.4, 0.5) is 5.69 Å². The van der Waals surface area contributed by atoms with Crippen molar-refractivity contribution in [3.8, 4) is 17.9 Å². The van der Waals surface area contributed by atoms with Crippen molar-refractivity contribution >= 4 is 5.69 Å². The monoisotopic (exact) mass is 173 g/mol. The number of anilines is 1. The molecule has 0 fully saturated rings. The van der Waals surface area contributed by atoms with Crippen LogP contribution in [0, 0.1) is 22.7 Å².